The van der Waals surface area contributed by atoms with Crippen molar-refractivity contribution in [2.45, 2.75) is 32.9 Å². The topological polar surface area (TPSA) is 75.9 Å². The van der Waals surface area contributed by atoms with Gasteiger partial charge in [0.1, 0.15) is 0 Å². The number of rotatable bonds is 7. The number of hydrogen-bond donors (Lipinski definition) is 2. The Bertz CT molecular complexity index is 483. The highest BCUT2D eigenvalue weighted by Crippen LogP contribution is 2.06. The second-order valence-corrected chi connectivity index (χ2v) is 4.57. The number of hydrogen-bond acceptors (Lipinski definition) is 6. The quantitative estimate of drug-likeness (QED) is 0.788. The molecular weight excluding hydrogens is 242 g/mol. The van der Waals surface area contributed by atoms with Crippen LogP contribution in [-0.2, 0) is 13.0 Å². The lowest BCUT2D eigenvalue weighted by Crippen LogP contribution is -2.21. The summed E-state index contributed by atoms with van der Waals surface area (Å²) in [5, 5.41) is 14.2. The Kier molecular flexibility index (Phi) is 4.85. The molecule has 6 nitrogen and oxygen atoms in total. The first-order valence-corrected chi connectivity index (χ1v) is 6.42. The lowest BCUT2D eigenvalue weighted by atomic mass is 10.2. The minimum absolute atomic E-state index is 0.397. The van der Waals surface area contributed by atoms with E-state index in [-0.39, 0.29) is 0 Å². The molecule has 0 atom stereocenters. The zero-order chi connectivity index (χ0) is 13.5. The van der Waals surface area contributed by atoms with Crippen LogP contribution in [0, 0.1) is 0 Å². The van der Waals surface area contributed by atoms with Gasteiger partial charge in [0.15, 0.2) is 0 Å². The number of pyridine rings is 1. The number of aromatic nitrogens is 3. The summed E-state index contributed by atoms with van der Waals surface area (Å²) in [6.45, 7) is 5.48. The van der Waals surface area contributed by atoms with Gasteiger partial charge in [0.05, 0.1) is 6.54 Å². The molecular formula is C13H19N5O. The summed E-state index contributed by atoms with van der Waals surface area (Å²) in [6, 6.07) is 4.83. The summed E-state index contributed by atoms with van der Waals surface area (Å²) >= 11 is 0. The summed E-state index contributed by atoms with van der Waals surface area (Å²) in [4.78, 5) is 4.07. The summed E-state index contributed by atoms with van der Waals surface area (Å²) in [5.41, 5.74) is 1.18. The van der Waals surface area contributed by atoms with Gasteiger partial charge in [-0.3, -0.25) is 4.98 Å². The molecule has 0 aliphatic heterocycles. The van der Waals surface area contributed by atoms with Crippen LogP contribution in [0.4, 0.5) is 6.01 Å². The highest BCUT2D eigenvalue weighted by Gasteiger charge is 2.05. The van der Waals surface area contributed by atoms with E-state index >= 15 is 0 Å². The van der Waals surface area contributed by atoms with E-state index in [2.05, 4.69) is 39.7 Å². The molecule has 2 heterocycles. The fraction of sp³-hybridized carbons (Fsp3) is 0.462. The standard InChI is InChI=1S/C13H19N5O/c1-10(2)16-9-12-17-18-13(19-12)15-7-5-11-4-3-6-14-8-11/h3-4,6,8,10,16H,5,7,9H2,1-2H3,(H,15,18). The number of anilines is 1. The van der Waals surface area contributed by atoms with Crippen molar-refractivity contribution in [1.29, 1.82) is 0 Å². The fourth-order valence-electron chi connectivity index (χ4n) is 1.55. The van der Waals surface area contributed by atoms with Crippen molar-refractivity contribution in [3.8, 4) is 0 Å². The zero-order valence-electron chi connectivity index (χ0n) is 11.3. The highest BCUT2D eigenvalue weighted by atomic mass is 16.4. The summed E-state index contributed by atoms with van der Waals surface area (Å²) < 4.78 is 5.46. The molecule has 102 valence electrons. The smallest absolute Gasteiger partial charge is 0.315 e. The highest BCUT2D eigenvalue weighted by molar-refractivity contribution is 5.18. The Morgan fingerprint density at radius 2 is 2.21 bits per heavy atom. The number of nitrogens with one attached hydrogen (secondary N) is 2. The van der Waals surface area contributed by atoms with Gasteiger partial charge in [-0.05, 0) is 18.1 Å². The maximum atomic E-state index is 5.46. The Morgan fingerprint density at radius 3 is 2.95 bits per heavy atom. The van der Waals surface area contributed by atoms with E-state index in [1.807, 2.05) is 18.3 Å². The molecule has 0 aliphatic rings. The average Bonchev–Trinajstić information content (AvgIpc) is 2.86. The van der Waals surface area contributed by atoms with Gasteiger partial charge < -0.3 is 15.1 Å². The maximum Gasteiger partial charge on any atom is 0.315 e. The SMILES string of the molecule is CC(C)NCc1nnc(NCCc2cccnc2)o1. The van der Waals surface area contributed by atoms with Gasteiger partial charge in [-0.25, -0.2) is 0 Å². The maximum absolute atomic E-state index is 5.46. The third-order valence-corrected chi connectivity index (χ3v) is 2.54. The normalized spacial score (nSPS) is 10.9. The lowest BCUT2D eigenvalue weighted by molar-refractivity contribution is 0.458. The Labute approximate surface area is 112 Å². The predicted octanol–water partition coefficient (Wildman–Crippen LogP) is 1.62. The molecule has 0 radical (unpaired) electrons. The molecule has 2 aromatic heterocycles. The van der Waals surface area contributed by atoms with Crippen LogP contribution in [0.3, 0.4) is 0 Å². The summed E-state index contributed by atoms with van der Waals surface area (Å²) in [5.74, 6) is 0.595. The molecule has 0 aliphatic carbocycles. The molecule has 2 aromatic rings. The third-order valence-electron chi connectivity index (χ3n) is 2.54. The Hall–Kier alpha value is -1.95. The molecule has 0 bridgehead atoms. The third kappa shape index (κ3) is 4.67. The van der Waals surface area contributed by atoms with E-state index in [1.54, 1.807) is 6.20 Å². The van der Waals surface area contributed by atoms with Crippen LogP contribution in [0.2, 0.25) is 0 Å². The Balaban J connectivity index is 1.74. The largest absolute Gasteiger partial charge is 0.407 e. The minimum Gasteiger partial charge on any atom is -0.407 e. The monoisotopic (exact) mass is 261 g/mol. The summed E-state index contributed by atoms with van der Waals surface area (Å²) in [6.07, 6.45) is 4.49. The molecule has 2 rings (SSSR count). The van der Waals surface area contributed by atoms with Crippen LogP contribution in [0.15, 0.2) is 28.9 Å². The molecule has 19 heavy (non-hydrogen) atoms. The molecule has 0 fully saturated rings. The van der Waals surface area contributed by atoms with Crippen molar-refractivity contribution in [3.05, 3.63) is 36.0 Å². The molecule has 0 unspecified atom stereocenters. The first kappa shape index (κ1) is 13.5. The van der Waals surface area contributed by atoms with Crippen molar-refractivity contribution in [2.24, 2.45) is 0 Å². The van der Waals surface area contributed by atoms with E-state index in [0.717, 1.165) is 13.0 Å². The van der Waals surface area contributed by atoms with E-state index in [4.69, 9.17) is 4.42 Å². The second-order valence-electron chi connectivity index (χ2n) is 4.57. The van der Waals surface area contributed by atoms with Crippen molar-refractivity contribution in [2.75, 3.05) is 11.9 Å². The second kappa shape index (κ2) is 6.84. The minimum atomic E-state index is 0.397. The van der Waals surface area contributed by atoms with Gasteiger partial charge in [-0.1, -0.05) is 25.0 Å². The van der Waals surface area contributed by atoms with Crippen molar-refractivity contribution < 1.29 is 4.42 Å². The predicted molar refractivity (Wildman–Crippen MR) is 72.7 cm³/mol. The molecule has 0 amide bonds. The van der Waals surface area contributed by atoms with E-state index < -0.39 is 0 Å². The molecule has 2 N–H and O–H groups in total. The van der Waals surface area contributed by atoms with E-state index in [1.165, 1.54) is 5.56 Å². The Morgan fingerprint density at radius 1 is 1.32 bits per heavy atom. The average molecular weight is 261 g/mol. The van der Waals surface area contributed by atoms with Crippen molar-refractivity contribution in [1.82, 2.24) is 20.5 Å². The van der Waals surface area contributed by atoms with Crippen LogP contribution in [0.1, 0.15) is 25.3 Å². The van der Waals surface area contributed by atoms with Gasteiger partial charge in [0.25, 0.3) is 0 Å². The fourth-order valence-corrected chi connectivity index (χ4v) is 1.55. The van der Waals surface area contributed by atoms with Gasteiger partial charge in [0, 0.05) is 25.0 Å². The lowest BCUT2D eigenvalue weighted by Gasteiger charge is -2.03. The molecule has 0 saturated heterocycles. The van der Waals surface area contributed by atoms with Crippen LogP contribution >= 0.6 is 0 Å². The van der Waals surface area contributed by atoms with Crippen LogP contribution in [0.25, 0.3) is 0 Å². The van der Waals surface area contributed by atoms with E-state index in [9.17, 15) is 0 Å². The van der Waals surface area contributed by atoms with Crippen molar-refractivity contribution >= 4 is 6.01 Å². The summed E-state index contributed by atoms with van der Waals surface area (Å²) in [7, 11) is 0. The van der Waals surface area contributed by atoms with Crippen LogP contribution in [-0.4, -0.2) is 27.8 Å². The van der Waals surface area contributed by atoms with Crippen molar-refractivity contribution in [3.63, 3.8) is 0 Å². The molecule has 6 heteroatoms. The number of nitrogens with zero attached hydrogens (tertiary/aromatic N) is 3. The van der Waals surface area contributed by atoms with Gasteiger partial charge in [0.2, 0.25) is 5.89 Å². The van der Waals surface area contributed by atoms with Crippen LogP contribution in [0.5, 0.6) is 0 Å². The van der Waals surface area contributed by atoms with Gasteiger partial charge in [-0.2, -0.15) is 0 Å². The van der Waals surface area contributed by atoms with E-state index in [0.29, 0.717) is 24.5 Å². The van der Waals surface area contributed by atoms with Crippen LogP contribution < -0.4 is 10.6 Å². The first-order valence-electron chi connectivity index (χ1n) is 6.42. The molecule has 0 aromatic carbocycles. The first-order chi connectivity index (χ1) is 9.24. The molecule has 0 spiro atoms. The van der Waals surface area contributed by atoms with Gasteiger partial charge in [-0.15, -0.1) is 5.10 Å². The van der Waals surface area contributed by atoms with Gasteiger partial charge >= 0.3 is 6.01 Å². The molecule has 0 saturated carbocycles. The zero-order valence-corrected chi connectivity index (χ0v) is 11.3.